The smallest absolute Gasteiger partial charge is 0.109 e. The third kappa shape index (κ3) is 2.87. The van der Waals surface area contributed by atoms with Gasteiger partial charge in [-0.1, -0.05) is 29.5 Å². The zero-order valence-electron chi connectivity index (χ0n) is 3.75. The van der Waals surface area contributed by atoms with Crippen LogP contribution in [0, 0.1) is 0 Å². The lowest BCUT2D eigenvalue weighted by Gasteiger charge is -1.93. The predicted molar refractivity (Wildman–Crippen MR) is 34.1 cm³/mol. The second-order valence-electron chi connectivity index (χ2n) is 1.16. The normalized spacial score (nSPS) is 14.5. The van der Waals surface area contributed by atoms with E-state index in [-0.39, 0.29) is 0 Å². The summed E-state index contributed by atoms with van der Waals surface area (Å²) in [5, 5.41) is 0. The first-order valence-corrected chi connectivity index (χ1v) is 3.53. The van der Waals surface area contributed by atoms with E-state index in [0.717, 1.165) is 0 Å². The van der Waals surface area contributed by atoms with Crippen molar-refractivity contribution in [3.8, 4) is 0 Å². The van der Waals surface area contributed by atoms with E-state index in [2.05, 4.69) is 0 Å². The minimum absolute atomic E-state index is 0.578. The van der Waals surface area contributed by atoms with Gasteiger partial charge in [0.05, 0.1) is 0 Å². The van der Waals surface area contributed by atoms with Gasteiger partial charge >= 0.3 is 0 Å². The van der Waals surface area contributed by atoms with Crippen molar-refractivity contribution in [2.45, 2.75) is 19.5 Å². The molecular weight excluding hydrogens is 194 g/mol. The minimum atomic E-state index is -0.578. The fourth-order valence-electron chi connectivity index (χ4n) is 0.109. The summed E-state index contributed by atoms with van der Waals surface area (Å²) in [6, 6.07) is 0. The first-order chi connectivity index (χ1) is 2.81. The van der Waals surface area contributed by atoms with E-state index in [1.807, 2.05) is 29.5 Å². The van der Waals surface area contributed by atoms with Crippen molar-refractivity contribution >= 4 is 22.6 Å². The zero-order chi connectivity index (χ0) is 4.99. The molecule has 0 spiro atoms. The Morgan fingerprint density at radius 3 is 2.33 bits per heavy atom. The van der Waals surface area contributed by atoms with E-state index in [0.29, 0.717) is 10.8 Å². The Kier molecular flexibility index (Phi) is 4.26. The molecule has 1 unspecified atom stereocenters. The molecule has 0 aromatic rings. The highest BCUT2D eigenvalue weighted by atomic mass is 127. The molecule has 0 amide bonds. The first-order valence-electron chi connectivity index (χ1n) is 2.01. The zero-order valence-corrected chi connectivity index (χ0v) is 5.90. The quantitative estimate of drug-likeness (QED) is 0.475. The summed E-state index contributed by atoms with van der Waals surface area (Å²) in [6.45, 7) is 1.85. The first kappa shape index (κ1) is 6.66. The summed E-state index contributed by atoms with van der Waals surface area (Å²) < 4.78 is 12.5. The van der Waals surface area contributed by atoms with Crippen LogP contribution in [0.2, 0.25) is 0 Å². The SMILES string of the molecule is CCC(F)CI. The van der Waals surface area contributed by atoms with E-state index in [4.69, 9.17) is 0 Å². The van der Waals surface area contributed by atoms with Gasteiger partial charge in [-0.05, 0) is 6.42 Å². The lowest BCUT2D eigenvalue weighted by Crippen LogP contribution is -1.95. The van der Waals surface area contributed by atoms with Gasteiger partial charge < -0.3 is 0 Å². The van der Waals surface area contributed by atoms with Crippen LogP contribution in [0.4, 0.5) is 4.39 Å². The van der Waals surface area contributed by atoms with E-state index < -0.39 is 6.17 Å². The Labute approximate surface area is 51.3 Å². The molecule has 0 aliphatic rings. The Bertz CT molecular complexity index is 26.7. The van der Waals surface area contributed by atoms with Crippen LogP contribution in [-0.4, -0.2) is 10.6 Å². The number of alkyl halides is 2. The lowest BCUT2D eigenvalue weighted by atomic mass is 10.3. The van der Waals surface area contributed by atoms with Crippen LogP contribution in [0.3, 0.4) is 0 Å². The van der Waals surface area contributed by atoms with Crippen LogP contribution in [0.25, 0.3) is 0 Å². The van der Waals surface area contributed by atoms with Crippen LogP contribution < -0.4 is 0 Å². The van der Waals surface area contributed by atoms with Crippen molar-refractivity contribution < 1.29 is 4.39 Å². The molecule has 0 nitrogen and oxygen atoms in total. The second kappa shape index (κ2) is 3.84. The summed E-state index contributed by atoms with van der Waals surface area (Å²) in [7, 11) is 0. The van der Waals surface area contributed by atoms with Crippen molar-refractivity contribution in [2.24, 2.45) is 0 Å². The molecule has 6 heavy (non-hydrogen) atoms. The highest BCUT2D eigenvalue weighted by molar-refractivity contribution is 14.1. The topological polar surface area (TPSA) is 0 Å². The molecule has 0 bridgehead atoms. The summed E-state index contributed by atoms with van der Waals surface area (Å²) in [5.41, 5.74) is 0. The summed E-state index contributed by atoms with van der Waals surface area (Å²) in [5.74, 6) is 0. The van der Waals surface area contributed by atoms with Crippen LogP contribution in [0.5, 0.6) is 0 Å². The molecule has 0 saturated heterocycles. The largest absolute Gasteiger partial charge is 0.247 e. The van der Waals surface area contributed by atoms with Gasteiger partial charge in [0, 0.05) is 4.43 Å². The Hall–Kier alpha value is 0.660. The van der Waals surface area contributed by atoms with Gasteiger partial charge in [0.25, 0.3) is 0 Å². The van der Waals surface area contributed by atoms with Gasteiger partial charge in [0.2, 0.25) is 0 Å². The maximum absolute atomic E-state index is 11.9. The van der Waals surface area contributed by atoms with Crippen molar-refractivity contribution in [1.82, 2.24) is 0 Å². The number of rotatable bonds is 2. The molecule has 0 aliphatic heterocycles. The van der Waals surface area contributed by atoms with Gasteiger partial charge in [-0.15, -0.1) is 0 Å². The van der Waals surface area contributed by atoms with Crippen molar-refractivity contribution in [3.05, 3.63) is 0 Å². The van der Waals surface area contributed by atoms with Crippen molar-refractivity contribution in [2.75, 3.05) is 4.43 Å². The average Bonchev–Trinajstić information content (AvgIpc) is 1.65. The third-order valence-electron chi connectivity index (χ3n) is 0.610. The van der Waals surface area contributed by atoms with E-state index >= 15 is 0 Å². The van der Waals surface area contributed by atoms with Gasteiger partial charge in [0.15, 0.2) is 0 Å². The van der Waals surface area contributed by atoms with Crippen molar-refractivity contribution in [1.29, 1.82) is 0 Å². The monoisotopic (exact) mass is 202 g/mol. The lowest BCUT2D eigenvalue weighted by molar-refractivity contribution is 0.363. The Morgan fingerprint density at radius 2 is 2.33 bits per heavy atom. The molecule has 0 saturated carbocycles. The molecular formula is C4H8FI. The highest BCUT2D eigenvalue weighted by Gasteiger charge is 1.95. The Morgan fingerprint density at radius 1 is 1.83 bits per heavy atom. The molecule has 2 heteroatoms. The molecule has 1 atom stereocenters. The van der Waals surface area contributed by atoms with E-state index in [9.17, 15) is 4.39 Å². The molecule has 0 heterocycles. The number of hydrogen-bond donors (Lipinski definition) is 0. The van der Waals surface area contributed by atoms with Gasteiger partial charge in [-0.25, -0.2) is 4.39 Å². The maximum Gasteiger partial charge on any atom is 0.109 e. The van der Waals surface area contributed by atoms with Gasteiger partial charge in [-0.3, -0.25) is 0 Å². The minimum Gasteiger partial charge on any atom is -0.247 e. The fraction of sp³-hybridized carbons (Fsp3) is 1.00. The third-order valence-corrected chi connectivity index (χ3v) is 1.57. The average molecular weight is 202 g/mol. The number of hydrogen-bond acceptors (Lipinski definition) is 0. The summed E-state index contributed by atoms with van der Waals surface area (Å²) in [6.07, 6.45) is 0.0775. The van der Waals surface area contributed by atoms with E-state index in [1.54, 1.807) is 0 Å². The fourth-order valence-corrected chi connectivity index (χ4v) is 0.732. The Balaban J connectivity index is 2.75. The molecule has 0 aromatic carbocycles. The molecule has 0 rings (SSSR count). The van der Waals surface area contributed by atoms with Crippen LogP contribution in [-0.2, 0) is 0 Å². The molecule has 0 fully saturated rings. The molecule has 0 aliphatic carbocycles. The molecule has 0 radical (unpaired) electrons. The van der Waals surface area contributed by atoms with E-state index in [1.165, 1.54) is 0 Å². The van der Waals surface area contributed by atoms with Gasteiger partial charge in [-0.2, -0.15) is 0 Å². The second-order valence-corrected chi connectivity index (χ2v) is 2.04. The van der Waals surface area contributed by atoms with Crippen LogP contribution in [0.15, 0.2) is 0 Å². The standard InChI is InChI=1S/C4H8FI/c1-2-4(5)3-6/h4H,2-3H2,1H3. The van der Waals surface area contributed by atoms with Crippen LogP contribution in [0.1, 0.15) is 13.3 Å². The molecule has 38 valence electrons. The summed E-state index contributed by atoms with van der Waals surface area (Å²) >= 11 is 2.04. The number of halogens is 2. The summed E-state index contributed by atoms with van der Waals surface area (Å²) in [4.78, 5) is 0. The molecule has 0 aromatic heterocycles. The van der Waals surface area contributed by atoms with Crippen molar-refractivity contribution in [3.63, 3.8) is 0 Å². The highest BCUT2D eigenvalue weighted by Crippen LogP contribution is 1.99. The van der Waals surface area contributed by atoms with Gasteiger partial charge in [0.1, 0.15) is 6.17 Å². The maximum atomic E-state index is 11.9. The molecule has 0 N–H and O–H groups in total. The predicted octanol–water partition coefficient (Wildman–Crippen LogP) is 2.17. The van der Waals surface area contributed by atoms with Crippen LogP contribution >= 0.6 is 22.6 Å².